The summed E-state index contributed by atoms with van der Waals surface area (Å²) in [5.41, 5.74) is 3.04. The van der Waals surface area contributed by atoms with Gasteiger partial charge in [0.1, 0.15) is 5.69 Å². The number of nitrogens with one attached hydrogen (secondary N) is 2. The lowest BCUT2D eigenvalue weighted by molar-refractivity contribution is 0.0932. The summed E-state index contributed by atoms with van der Waals surface area (Å²) in [6.45, 7) is 2.21. The predicted molar refractivity (Wildman–Crippen MR) is 111 cm³/mol. The van der Waals surface area contributed by atoms with Gasteiger partial charge in [0.05, 0.1) is 11.7 Å². The number of aryl methyl sites for hydroxylation is 1. The molecule has 4 rings (SSSR count). The zero-order valence-corrected chi connectivity index (χ0v) is 16.7. The Morgan fingerprint density at radius 2 is 1.89 bits per heavy atom. The molecule has 2 fully saturated rings. The van der Waals surface area contributed by atoms with E-state index in [9.17, 15) is 4.79 Å². The summed E-state index contributed by atoms with van der Waals surface area (Å²) < 4.78 is 0. The fourth-order valence-corrected chi connectivity index (χ4v) is 4.69. The number of nitrogens with zero attached hydrogens (tertiary/aromatic N) is 2. The molecular formula is C23H32N4O. The van der Waals surface area contributed by atoms with E-state index in [-0.39, 0.29) is 5.91 Å². The molecule has 1 saturated heterocycles. The van der Waals surface area contributed by atoms with Crippen LogP contribution < -0.4 is 5.32 Å². The Balaban J connectivity index is 1.34. The first-order valence-electron chi connectivity index (χ1n) is 10.9. The van der Waals surface area contributed by atoms with E-state index in [0.29, 0.717) is 17.8 Å². The van der Waals surface area contributed by atoms with Crippen LogP contribution in [0.3, 0.4) is 0 Å². The minimum Gasteiger partial charge on any atom is -0.348 e. The van der Waals surface area contributed by atoms with Crippen molar-refractivity contribution in [3.05, 3.63) is 53.3 Å². The third-order valence-corrected chi connectivity index (χ3v) is 6.25. The van der Waals surface area contributed by atoms with Gasteiger partial charge >= 0.3 is 0 Å². The number of benzene rings is 1. The summed E-state index contributed by atoms with van der Waals surface area (Å²) in [6, 6.07) is 13.4. The number of hydrogen-bond donors (Lipinski definition) is 2. The monoisotopic (exact) mass is 380 g/mol. The molecule has 1 aromatic carbocycles. The van der Waals surface area contributed by atoms with E-state index in [1.165, 1.54) is 31.2 Å². The van der Waals surface area contributed by atoms with Crippen molar-refractivity contribution in [2.45, 2.75) is 69.9 Å². The Morgan fingerprint density at radius 1 is 1.11 bits per heavy atom. The average Bonchev–Trinajstić information content (AvgIpc) is 3.41. The van der Waals surface area contributed by atoms with E-state index < -0.39 is 0 Å². The van der Waals surface area contributed by atoms with Gasteiger partial charge in [-0.2, -0.15) is 5.10 Å². The van der Waals surface area contributed by atoms with Crippen molar-refractivity contribution in [1.82, 2.24) is 20.4 Å². The molecule has 1 aromatic heterocycles. The number of aromatic nitrogens is 2. The fraction of sp³-hybridized carbons (Fsp3) is 0.565. The first kappa shape index (κ1) is 19.2. The summed E-state index contributed by atoms with van der Waals surface area (Å²) in [7, 11) is 0. The van der Waals surface area contributed by atoms with Crippen LogP contribution in [0.1, 0.15) is 79.2 Å². The Labute approximate surface area is 167 Å². The van der Waals surface area contributed by atoms with Crippen molar-refractivity contribution in [1.29, 1.82) is 0 Å². The van der Waals surface area contributed by atoms with Gasteiger partial charge in [0.15, 0.2) is 0 Å². The third-order valence-electron chi connectivity index (χ3n) is 6.25. The molecule has 150 valence electrons. The highest BCUT2D eigenvalue weighted by Crippen LogP contribution is 2.30. The van der Waals surface area contributed by atoms with Gasteiger partial charge in [-0.3, -0.25) is 14.8 Å². The molecule has 1 aliphatic heterocycles. The minimum absolute atomic E-state index is 0.0270. The number of rotatable bonds is 7. The van der Waals surface area contributed by atoms with Gasteiger partial charge in [0, 0.05) is 6.04 Å². The molecule has 0 bridgehead atoms. The third kappa shape index (κ3) is 4.82. The van der Waals surface area contributed by atoms with Gasteiger partial charge in [-0.05, 0) is 63.2 Å². The van der Waals surface area contributed by atoms with E-state index in [1.807, 2.05) is 6.07 Å². The van der Waals surface area contributed by atoms with Crippen LogP contribution in [-0.4, -0.2) is 40.1 Å². The maximum atomic E-state index is 12.5. The Bertz CT molecular complexity index is 751. The molecule has 1 aliphatic carbocycles. The number of H-pyrrole nitrogens is 1. The van der Waals surface area contributed by atoms with Crippen molar-refractivity contribution >= 4 is 5.91 Å². The lowest BCUT2D eigenvalue weighted by atomic mass is 9.98. The molecule has 28 heavy (non-hydrogen) atoms. The van der Waals surface area contributed by atoms with Crippen LogP contribution in [0.4, 0.5) is 0 Å². The number of amides is 1. The molecule has 2 N–H and O–H groups in total. The predicted octanol–water partition coefficient (Wildman–Crippen LogP) is 4.24. The van der Waals surface area contributed by atoms with E-state index >= 15 is 0 Å². The van der Waals surface area contributed by atoms with Crippen molar-refractivity contribution in [3.8, 4) is 0 Å². The summed E-state index contributed by atoms with van der Waals surface area (Å²) >= 11 is 0. The van der Waals surface area contributed by atoms with Gasteiger partial charge < -0.3 is 5.32 Å². The first-order valence-corrected chi connectivity index (χ1v) is 10.9. The molecule has 2 aromatic rings. The lowest BCUT2D eigenvalue weighted by Crippen LogP contribution is -2.34. The maximum absolute atomic E-state index is 12.5. The maximum Gasteiger partial charge on any atom is 0.271 e. The van der Waals surface area contributed by atoms with Gasteiger partial charge in [-0.15, -0.1) is 0 Å². The molecule has 2 aliphatic rings. The standard InChI is InChI=1S/C23H32N4O/c28-23(24-19-12-4-5-13-19)21-17-20(25-26-21)22-14-6-7-15-27(22)16-8-11-18-9-2-1-3-10-18/h1-3,9-10,17,19,22H,4-8,11-16H2,(H,24,28)(H,25,26). The topological polar surface area (TPSA) is 61.0 Å². The van der Waals surface area contributed by atoms with E-state index in [4.69, 9.17) is 0 Å². The zero-order valence-electron chi connectivity index (χ0n) is 16.7. The molecule has 1 atom stereocenters. The van der Waals surface area contributed by atoms with Crippen molar-refractivity contribution < 1.29 is 4.79 Å². The van der Waals surface area contributed by atoms with E-state index in [0.717, 1.165) is 50.9 Å². The van der Waals surface area contributed by atoms with Crippen molar-refractivity contribution in [3.63, 3.8) is 0 Å². The fourth-order valence-electron chi connectivity index (χ4n) is 4.69. The second-order valence-corrected chi connectivity index (χ2v) is 8.30. The highest BCUT2D eigenvalue weighted by molar-refractivity contribution is 5.92. The van der Waals surface area contributed by atoms with Crippen molar-refractivity contribution in [2.75, 3.05) is 13.1 Å². The number of carbonyl (C=O) groups excluding carboxylic acids is 1. The molecule has 1 unspecified atom stereocenters. The smallest absolute Gasteiger partial charge is 0.271 e. The van der Waals surface area contributed by atoms with Gasteiger partial charge in [0.25, 0.3) is 5.91 Å². The Morgan fingerprint density at radius 3 is 2.71 bits per heavy atom. The highest BCUT2D eigenvalue weighted by atomic mass is 16.2. The quantitative estimate of drug-likeness (QED) is 0.755. The van der Waals surface area contributed by atoms with Crippen LogP contribution in [0.2, 0.25) is 0 Å². The SMILES string of the molecule is O=C(NC1CCCC1)c1cc(C2CCCCN2CCCc2ccccc2)[nH]n1. The number of aromatic amines is 1. The van der Waals surface area contributed by atoms with Crippen LogP contribution in [0.25, 0.3) is 0 Å². The molecule has 1 amide bonds. The minimum atomic E-state index is -0.0270. The highest BCUT2D eigenvalue weighted by Gasteiger charge is 2.26. The molecule has 0 spiro atoms. The van der Waals surface area contributed by atoms with E-state index in [1.54, 1.807) is 0 Å². The largest absolute Gasteiger partial charge is 0.348 e. The molecule has 5 heteroatoms. The second-order valence-electron chi connectivity index (χ2n) is 8.30. The number of hydrogen-bond acceptors (Lipinski definition) is 3. The molecule has 1 saturated carbocycles. The lowest BCUT2D eigenvalue weighted by Gasteiger charge is -2.35. The van der Waals surface area contributed by atoms with Crippen LogP contribution in [0.5, 0.6) is 0 Å². The summed E-state index contributed by atoms with van der Waals surface area (Å²) in [5.74, 6) is -0.0270. The average molecular weight is 381 g/mol. The number of carbonyl (C=O) groups is 1. The molecular weight excluding hydrogens is 348 g/mol. The zero-order chi connectivity index (χ0) is 19.2. The molecule has 2 heterocycles. The summed E-state index contributed by atoms with van der Waals surface area (Å²) in [4.78, 5) is 15.1. The van der Waals surface area contributed by atoms with Crippen LogP contribution >= 0.6 is 0 Å². The van der Waals surface area contributed by atoms with Crippen LogP contribution in [0, 0.1) is 0 Å². The Hall–Kier alpha value is -2.14. The van der Waals surface area contributed by atoms with E-state index in [2.05, 4.69) is 50.7 Å². The second kappa shape index (κ2) is 9.37. The summed E-state index contributed by atoms with van der Waals surface area (Å²) in [5, 5.41) is 10.6. The van der Waals surface area contributed by atoms with Crippen molar-refractivity contribution in [2.24, 2.45) is 0 Å². The molecule has 5 nitrogen and oxygen atoms in total. The normalized spacial score (nSPS) is 21.1. The number of piperidine rings is 1. The van der Waals surface area contributed by atoms with Gasteiger partial charge in [-0.1, -0.05) is 49.6 Å². The first-order chi connectivity index (χ1) is 13.8. The van der Waals surface area contributed by atoms with Gasteiger partial charge in [-0.25, -0.2) is 0 Å². The van der Waals surface area contributed by atoms with Crippen LogP contribution in [-0.2, 0) is 6.42 Å². The van der Waals surface area contributed by atoms with Gasteiger partial charge in [0.2, 0.25) is 0 Å². The summed E-state index contributed by atoms with van der Waals surface area (Å²) in [6.07, 6.45) is 10.5. The number of likely N-dealkylation sites (tertiary alicyclic amines) is 1. The molecule has 0 radical (unpaired) electrons. The Kier molecular flexibility index (Phi) is 6.42. The van der Waals surface area contributed by atoms with Crippen LogP contribution in [0.15, 0.2) is 36.4 Å².